The molecule has 0 saturated carbocycles. The second kappa shape index (κ2) is 10.7. The first-order valence-corrected chi connectivity index (χ1v) is 13.0. The molecule has 196 valence electrons. The molecule has 0 aromatic heterocycles. The van der Waals surface area contributed by atoms with Crippen LogP contribution in [0.15, 0.2) is 52.3 Å². The summed E-state index contributed by atoms with van der Waals surface area (Å²) in [5, 5.41) is 0. The first-order chi connectivity index (χ1) is 16.6. The standard InChI is InChI=1S/C22H20F6N2O4S2/c1-36(32,33)29-15-3-2-4-16(13-15)35-17-7-5-14(6-8-18(31)30-9-11-34-12-10-30)19(21(23,24)25)20(17)22(26,27)28/h2-8,13,29H,9-12H2,1H3/b8-6+. The predicted octanol–water partition coefficient (Wildman–Crippen LogP) is 5.12. The molecule has 3 rings (SSSR count). The van der Waals surface area contributed by atoms with Crippen molar-refractivity contribution in [2.24, 2.45) is 0 Å². The van der Waals surface area contributed by atoms with Gasteiger partial charge in [-0.1, -0.05) is 23.9 Å². The second-order valence-electron chi connectivity index (χ2n) is 7.67. The molecule has 2 aromatic carbocycles. The van der Waals surface area contributed by atoms with Crippen LogP contribution in [0.4, 0.5) is 32.0 Å². The third kappa shape index (κ3) is 7.40. The van der Waals surface area contributed by atoms with Crippen molar-refractivity contribution in [1.82, 2.24) is 4.90 Å². The highest BCUT2D eigenvalue weighted by Gasteiger charge is 2.46. The number of nitrogens with zero attached hydrogens (tertiary/aromatic N) is 1. The number of hydrogen-bond donors (Lipinski definition) is 1. The van der Waals surface area contributed by atoms with Crippen LogP contribution in [0.1, 0.15) is 16.7 Å². The van der Waals surface area contributed by atoms with Crippen LogP contribution >= 0.6 is 11.8 Å². The van der Waals surface area contributed by atoms with Gasteiger partial charge in [-0.15, -0.1) is 0 Å². The molecular formula is C22H20F6N2O4S2. The molecule has 0 bridgehead atoms. The topological polar surface area (TPSA) is 75.7 Å². The molecule has 1 aliphatic heterocycles. The zero-order valence-corrected chi connectivity index (χ0v) is 20.2. The maximum absolute atomic E-state index is 14.0. The zero-order valence-electron chi connectivity index (χ0n) is 18.6. The van der Waals surface area contributed by atoms with Gasteiger partial charge in [0.05, 0.1) is 30.6 Å². The van der Waals surface area contributed by atoms with E-state index in [2.05, 4.69) is 4.72 Å². The molecule has 1 amide bonds. The van der Waals surface area contributed by atoms with E-state index < -0.39 is 49.9 Å². The monoisotopic (exact) mass is 554 g/mol. The number of amides is 1. The molecule has 0 radical (unpaired) electrons. The van der Waals surface area contributed by atoms with Crippen LogP contribution in [-0.4, -0.2) is 51.8 Å². The molecule has 14 heteroatoms. The largest absolute Gasteiger partial charge is 0.418 e. The second-order valence-corrected chi connectivity index (χ2v) is 10.5. The van der Waals surface area contributed by atoms with Gasteiger partial charge in [-0.05, 0) is 35.9 Å². The number of sulfonamides is 1. The zero-order chi connectivity index (χ0) is 26.7. The maximum atomic E-state index is 14.0. The van der Waals surface area contributed by atoms with Crippen molar-refractivity contribution in [3.05, 3.63) is 59.2 Å². The molecule has 0 unspecified atom stereocenters. The van der Waals surface area contributed by atoms with Gasteiger partial charge < -0.3 is 9.64 Å². The first-order valence-electron chi connectivity index (χ1n) is 10.3. The van der Waals surface area contributed by atoms with Gasteiger partial charge in [0.15, 0.2) is 0 Å². The Hall–Kier alpha value is -2.71. The number of rotatable bonds is 6. The Kier molecular flexibility index (Phi) is 8.30. The Morgan fingerprint density at radius 3 is 2.25 bits per heavy atom. The van der Waals surface area contributed by atoms with Crippen molar-refractivity contribution >= 4 is 39.5 Å². The van der Waals surface area contributed by atoms with Crippen molar-refractivity contribution in [2.75, 3.05) is 37.3 Å². The number of carbonyl (C=O) groups excluding carboxylic acids is 1. The third-order valence-electron chi connectivity index (χ3n) is 4.86. The fourth-order valence-electron chi connectivity index (χ4n) is 3.42. The lowest BCUT2D eigenvalue weighted by atomic mass is 9.99. The van der Waals surface area contributed by atoms with Gasteiger partial charge in [0.2, 0.25) is 15.9 Å². The Morgan fingerprint density at radius 1 is 1.03 bits per heavy atom. The average Bonchev–Trinajstić information content (AvgIpc) is 2.76. The van der Waals surface area contributed by atoms with E-state index in [1.807, 2.05) is 0 Å². The summed E-state index contributed by atoms with van der Waals surface area (Å²) in [7, 11) is -3.69. The van der Waals surface area contributed by atoms with Crippen LogP contribution < -0.4 is 4.72 Å². The Labute approximate surface area is 207 Å². The van der Waals surface area contributed by atoms with Crippen LogP contribution in [0.25, 0.3) is 6.08 Å². The summed E-state index contributed by atoms with van der Waals surface area (Å²) in [5.74, 6) is -0.645. The van der Waals surface area contributed by atoms with Gasteiger partial charge >= 0.3 is 12.4 Å². The van der Waals surface area contributed by atoms with Crippen molar-refractivity contribution < 1.29 is 44.3 Å². The summed E-state index contributed by atoms with van der Waals surface area (Å²) in [5.41, 5.74) is -4.60. The number of ether oxygens (including phenoxy) is 1. The van der Waals surface area contributed by atoms with Crippen LogP contribution in [-0.2, 0) is 31.9 Å². The van der Waals surface area contributed by atoms with E-state index in [9.17, 15) is 39.6 Å². The lowest BCUT2D eigenvalue weighted by Crippen LogP contribution is -2.39. The van der Waals surface area contributed by atoms with E-state index in [4.69, 9.17) is 4.74 Å². The van der Waals surface area contributed by atoms with Gasteiger partial charge in [-0.25, -0.2) is 8.42 Å². The van der Waals surface area contributed by atoms with Crippen molar-refractivity contribution in [3.8, 4) is 0 Å². The van der Waals surface area contributed by atoms with Crippen molar-refractivity contribution in [3.63, 3.8) is 0 Å². The van der Waals surface area contributed by atoms with Crippen LogP contribution in [0, 0.1) is 0 Å². The van der Waals surface area contributed by atoms with Crippen LogP contribution in [0.5, 0.6) is 0 Å². The van der Waals surface area contributed by atoms with Crippen molar-refractivity contribution in [2.45, 2.75) is 22.1 Å². The molecule has 1 fully saturated rings. The minimum absolute atomic E-state index is 0.0354. The molecule has 6 nitrogen and oxygen atoms in total. The number of halogens is 6. The van der Waals surface area contributed by atoms with Crippen LogP contribution in [0.2, 0.25) is 0 Å². The summed E-state index contributed by atoms with van der Waals surface area (Å²) < 4.78 is 114. The summed E-state index contributed by atoms with van der Waals surface area (Å²) in [6.45, 7) is 0.925. The number of hydrogen-bond acceptors (Lipinski definition) is 5. The lowest BCUT2D eigenvalue weighted by molar-refractivity contribution is -0.163. The fraction of sp³-hybridized carbons (Fsp3) is 0.318. The molecule has 1 saturated heterocycles. The first kappa shape index (κ1) is 27.9. The Balaban J connectivity index is 2.05. The molecule has 2 aromatic rings. The lowest BCUT2D eigenvalue weighted by Gasteiger charge is -2.25. The molecular weight excluding hydrogens is 534 g/mol. The Bertz CT molecular complexity index is 1250. The van der Waals surface area contributed by atoms with Crippen molar-refractivity contribution in [1.29, 1.82) is 0 Å². The highest BCUT2D eigenvalue weighted by Crippen LogP contribution is 2.48. The molecule has 1 aliphatic rings. The van der Waals surface area contributed by atoms with E-state index in [0.717, 1.165) is 30.5 Å². The molecule has 0 aliphatic carbocycles. The summed E-state index contributed by atoms with van der Waals surface area (Å²) in [6, 6.07) is 6.98. The van der Waals surface area contributed by atoms with Gasteiger partial charge in [-0.3, -0.25) is 9.52 Å². The normalized spacial score (nSPS) is 15.4. The van der Waals surface area contributed by atoms with Gasteiger partial charge in [0.25, 0.3) is 0 Å². The Morgan fingerprint density at radius 2 is 1.67 bits per heavy atom. The van der Waals surface area contributed by atoms with Gasteiger partial charge in [0, 0.05) is 34.6 Å². The molecule has 0 spiro atoms. The van der Waals surface area contributed by atoms with E-state index >= 15 is 0 Å². The summed E-state index contributed by atoms with van der Waals surface area (Å²) in [6.07, 6.45) is -8.36. The smallest absolute Gasteiger partial charge is 0.378 e. The maximum Gasteiger partial charge on any atom is 0.418 e. The molecule has 0 atom stereocenters. The van der Waals surface area contributed by atoms with Gasteiger partial charge in [0.1, 0.15) is 0 Å². The highest BCUT2D eigenvalue weighted by molar-refractivity contribution is 7.99. The number of carbonyl (C=O) groups is 1. The number of anilines is 1. The average molecular weight is 555 g/mol. The van der Waals surface area contributed by atoms with Gasteiger partial charge in [-0.2, -0.15) is 26.3 Å². The number of alkyl halides is 6. The fourth-order valence-corrected chi connectivity index (χ4v) is 5.02. The molecule has 1 N–H and O–H groups in total. The van der Waals surface area contributed by atoms with E-state index in [-0.39, 0.29) is 36.9 Å². The minimum atomic E-state index is -5.39. The summed E-state index contributed by atoms with van der Waals surface area (Å²) >= 11 is 0.399. The van der Waals surface area contributed by atoms with Crippen LogP contribution in [0.3, 0.4) is 0 Å². The minimum Gasteiger partial charge on any atom is -0.378 e. The number of nitrogens with one attached hydrogen (secondary N) is 1. The predicted molar refractivity (Wildman–Crippen MR) is 122 cm³/mol. The molecule has 1 heterocycles. The van der Waals surface area contributed by atoms with E-state index in [0.29, 0.717) is 11.8 Å². The SMILES string of the molecule is CS(=O)(=O)Nc1cccc(Sc2ccc(/C=C/C(=O)N3CCOCC3)c(C(F)(F)F)c2C(F)(F)F)c1. The third-order valence-corrected chi connectivity index (χ3v) is 6.52. The molecule has 36 heavy (non-hydrogen) atoms. The number of benzene rings is 2. The van der Waals surface area contributed by atoms with E-state index in [1.165, 1.54) is 29.2 Å². The summed E-state index contributed by atoms with van der Waals surface area (Å²) in [4.78, 5) is 12.9. The van der Waals surface area contributed by atoms with E-state index in [1.54, 1.807) is 0 Å². The number of morpholine rings is 1. The highest BCUT2D eigenvalue weighted by atomic mass is 32.2. The quantitative estimate of drug-likeness (QED) is 0.397.